The van der Waals surface area contributed by atoms with Crippen molar-refractivity contribution in [2.75, 3.05) is 12.4 Å². The Morgan fingerprint density at radius 1 is 1.00 bits per heavy atom. The van der Waals surface area contributed by atoms with Crippen molar-refractivity contribution in [3.05, 3.63) is 86.7 Å². The Kier molecular flexibility index (Phi) is 5.91. The molecule has 30 heavy (non-hydrogen) atoms. The van der Waals surface area contributed by atoms with Crippen molar-refractivity contribution in [3.63, 3.8) is 0 Å². The number of nitro groups is 1. The van der Waals surface area contributed by atoms with Gasteiger partial charge in [0.2, 0.25) is 0 Å². The second kappa shape index (κ2) is 8.56. The molecule has 3 rings (SSSR count). The molecule has 1 aromatic heterocycles. The van der Waals surface area contributed by atoms with E-state index in [1.54, 1.807) is 74.1 Å². The molecule has 0 unspecified atom stereocenters. The van der Waals surface area contributed by atoms with E-state index >= 15 is 0 Å². The van der Waals surface area contributed by atoms with Gasteiger partial charge < -0.3 is 10.6 Å². The molecule has 9 nitrogen and oxygen atoms in total. The normalized spacial score (nSPS) is 10.5. The third-order valence-corrected chi connectivity index (χ3v) is 4.71. The SMILES string of the molecule is CNC(=O)c1ccc(NC(=O)c2ccc(Cn3nc(C)c([N+](=O)[O-])c3C)cc2)cc1. The minimum Gasteiger partial charge on any atom is -0.355 e. The van der Waals surface area contributed by atoms with Gasteiger partial charge in [0, 0.05) is 23.9 Å². The van der Waals surface area contributed by atoms with Gasteiger partial charge in [0.15, 0.2) is 0 Å². The fourth-order valence-corrected chi connectivity index (χ4v) is 3.09. The highest BCUT2D eigenvalue weighted by atomic mass is 16.6. The van der Waals surface area contributed by atoms with Crippen molar-refractivity contribution in [1.82, 2.24) is 15.1 Å². The monoisotopic (exact) mass is 407 g/mol. The van der Waals surface area contributed by atoms with Gasteiger partial charge >= 0.3 is 5.69 Å². The Bertz CT molecular complexity index is 1100. The second-order valence-electron chi connectivity index (χ2n) is 6.74. The van der Waals surface area contributed by atoms with Crippen molar-refractivity contribution in [2.24, 2.45) is 0 Å². The summed E-state index contributed by atoms with van der Waals surface area (Å²) in [5.41, 5.74) is 3.29. The average Bonchev–Trinajstić information content (AvgIpc) is 3.01. The van der Waals surface area contributed by atoms with Crippen LogP contribution < -0.4 is 10.6 Å². The van der Waals surface area contributed by atoms with E-state index in [1.807, 2.05) is 0 Å². The summed E-state index contributed by atoms with van der Waals surface area (Å²) in [6.45, 7) is 3.63. The van der Waals surface area contributed by atoms with Gasteiger partial charge in [-0.3, -0.25) is 24.4 Å². The topological polar surface area (TPSA) is 119 Å². The Morgan fingerprint density at radius 2 is 1.57 bits per heavy atom. The van der Waals surface area contributed by atoms with E-state index in [2.05, 4.69) is 15.7 Å². The number of carbonyl (C=O) groups excluding carboxylic acids is 2. The van der Waals surface area contributed by atoms with Crippen LogP contribution in [0.1, 0.15) is 37.7 Å². The molecule has 2 aromatic carbocycles. The number of nitrogens with zero attached hydrogens (tertiary/aromatic N) is 3. The summed E-state index contributed by atoms with van der Waals surface area (Å²) >= 11 is 0. The zero-order valence-corrected chi connectivity index (χ0v) is 16.8. The average molecular weight is 407 g/mol. The minimum absolute atomic E-state index is 0.0217. The summed E-state index contributed by atoms with van der Waals surface area (Å²) < 4.78 is 1.58. The molecular formula is C21H21N5O4. The van der Waals surface area contributed by atoms with Gasteiger partial charge in [-0.15, -0.1) is 0 Å². The van der Waals surface area contributed by atoms with Gasteiger partial charge in [0.1, 0.15) is 11.4 Å². The summed E-state index contributed by atoms with van der Waals surface area (Å²) in [6, 6.07) is 13.5. The van der Waals surface area contributed by atoms with E-state index in [0.717, 1.165) is 5.56 Å². The molecule has 0 bridgehead atoms. The largest absolute Gasteiger partial charge is 0.355 e. The number of nitrogens with one attached hydrogen (secondary N) is 2. The molecule has 2 N–H and O–H groups in total. The third kappa shape index (κ3) is 4.35. The molecule has 0 saturated carbocycles. The van der Waals surface area contributed by atoms with Crippen LogP contribution in [0.15, 0.2) is 48.5 Å². The lowest BCUT2D eigenvalue weighted by molar-refractivity contribution is -0.386. The smallest absolute Gasteiger partial charge is 0.312 e. The number of aromatic nitrogens is 2. The van der Waals surface area contributed by atoms with Crippen molar-refractivity contribution in [1.29, 1.82) is 0 Å². The van der Waals surface area contributed by atoms with E-state index in [9.17, 15) is 19.7 Å². The third-order valence-electron chi connectivity index (χ3n) is 4.71. The molecule has 0 aliphatic heterocycles. The maximum atomic E-state index is 12.5. The highest BCUT2D eigenvalue weighted by molar-refractivity contribution is 6.04. The number of benzene rings is 2. The number of rotatable bonds is 6. The van der Waals surface area contributed by atoms with Crippen LogP contribution in [0.5, 0.6) is 0 Å². The lowest BCUT2D eigenvalue weighted by Crippen LogP contribution is -2.17. The number of hydrogen-bond acceptors (Lipinski definition) is 5. The predicted octanol–water partition coefficient (Wildman–Crippen LogP) is 3.07. The number of amides is 2. The zero-order valence-electron chi connectivity index (χ0n) is 16.8. The van der Waals surface area contributed by atoms with E-state index in [1.165, 1.54) is 0 Å². The fraction of sp³-hybridized carbons (Fsp3) is 0.190. The van der Waals surface area contributed by atoms with Crippen molar-refractivity contribution in [3.8, 4) is 0 Å². The molecular weight excluding hydrogens is 386 g/mol. The van der Waals surface area contributed by atoms with Crippen LogP contribution in [0.3, 0.4) is 0 Å². The minimum atomic E-state index is -0.428. The van der Waals surface area contributed by atoms with Crippen LogP contribution in [0.25, 0.3) is 0 Å². The van der Waals surface area contributed by atoms with Crippen LogP contribution in [0.2, 0.25) is 0 Å². The molecule has 2 amide bonds. The zero-order chi connectivity index (χ0) is 21.8. The first-order valence-corrected chi connectivity index (χ1v) is 9.21. The Morgan fingerprint density at radius 3 is 2.10 bits per heavy atom. The van der Waals surface area contributed by atoms with Gasteiger partial charge in [-0.1, -0.05) is 12.1 Å². The molecule has 0 atom stereocenters. The summed E-state index contributed by atoms with van der Waals surface area (Å²) in [5.74, 6) is -0.479. The molecule has 154 valence electrons. The van der Waals surface area contributed by atoms with Crippen LogP contribution in [-0.4, -0.2) is 33.6 Å². The number of carbonyl (C=O) groups is 2. The lowest BCUT2D eigenvalue weighted by Gasteiger charge is -2.08. The number of anilines is 1. The maximum Gasteiger partial charge on any atom is 0.312 e. The first-order valence-electron chi connectivity index (χ1n) is 9.21. The van der Waals surface area contributed by atoms with E-state index in [4.69, 9.17) is 0 Å². The van der Waals surface area contributed by atoms with Crippen molar-refractivity contribution in [2.45, 2.75) is 20.4 Å². The van der Waals surface area contributed by atoms with Gasteiger partial charge in [0.05, 0.1) is 11.5 Å². The van der Waals surface area contributed by atoms with Crippen molar-refractivity contribution >= 4 is 23.2 Å². The molecule has 0 fully saturated rings. The summed E-state index contributed by atoms with van der Waals surface area (Å²) in [6.07, 6.45) is 0. The van der Waals surface area contributed by atoms with Crippen molar-refractivity contribution < 1.29 is 14.5 Å². The first-order chi connectivity index (χ1) is 14.3. The molecule has 0 spiro atoms. The van der Waals surface area contributed by atoms with Gasteiger partial charge in [-0.25, -0.2) is 0 Å². The second-order valence-corrected chi connectivity index (χ2v) is 6.74. The summed E-state index contributed by atoms with van der Waals surface area (Å²) in [4.78, 5) is 34.7. The standard InChI is InChI=1S/C21H21N5O4/c1-13-19(26(29)30)14(2)25(24-13)12-15-4-6-17(7-5-15)21(28)23-18-10-8-16(9-11-18)20(27)22-3/h4-11H,12H2,1-3H3,(H,22,27)(H,23,28). The summed E-state index contributed by atoms with van der Waals surface area (Å²) in [7, 11) is 1.55. The highest BCUT2D eigenvalue weighted by Gasteiger charge is 2.21. The lowest BCUT2D eigenvalue weighted by atomic mass is 10.1. The quantitative estimate of drug-likeness (QED) is 0.481. The van der Waals surface area contributed by atoms with Crippen LogP contribution >= 0.6 is 0 Å². The molecule has 1 heterocycles. The molecule has 0 saturated heterocycles. The predicted molar refractivity (Wildman–Crippen MR) is 112 cm³/mol. The summed E-state index contributed by atoms with van der Waals surface area (Å²) in [5, 5.41) is 20.7. The van der Waals surface area contributed by atoms with Crippen LogP contribution in [-0.2, 0) is 6.54 Å². The molecule has 0 radical (unpaired) electrons. The first kappa shape index (κ1) is 20.7. The number of aryl methyl sites for hydroxylation is 1. The van der Waals surface area contributed by atoms with Gasteiger partial charge in [-0.05, 0) is 55.8 Å². The molecule has 0 aliphatic carbocycles. The molecule has 0 aliphatic rings. The molecule has 9 heteroatoms. The van der Waals surface area contributed by atoms with Crippen LogP contribution in [0, 0.1) is 24.0 Å². The maximum absolute atomic E-state index is 12.5. The molecule has 3 aromatic rings. The van der Waals surface area contributed by atoms with Crippen LogP contribution in [0.4, 0.5) is 11.4 Å². The van der Waals surface area contributed by atoms with E-state index in [0.29, 0.717) is 34.7 Å². The Labute approximate surface area is 172 Å². The Hall–Kier alpha value is -4.01. The highest BCUT2D eigenvalue weighted by Crippen LogP contribution is 2.22. The van der Waals surface area contributed by atoms with Gasteiger partial charge in [-0.2, -0.15) is 5.10 Å². The van der Waals surface area contributed by atoms with Gasteiger partial charge in [0.25, 0.3) is 11.8 Å². The fourth-order valence-electron chi connectivity index (χ4n) is 3.09. The van der Waals surface area contributed by atoms with E-state index in [-0.39, 0.29) is 17.5 Å². The van der Waals surface area contributed by atoms with E-state index < -0.39 is 4.92 Å². The number of hydrogen-bond donors (Lipinski definition) is 2. The Balaban J connectivity index is 1.68.